The maximum Gasteiger partial charge on any atom is 0.124 e. The summed E-state index contributed by atoms with van der Waals surface area (Å²) in [5.74, 6) is 3.53. The molecular weight excluding hydrogens is 248 g/mol. The van der Waals surface area contributed by atoms with Crippen LogP contribution in [0.4, 0.5) is 0 Å². The van der Waals surface area contributed by atoms with Gasteiger partial charge in [0.15, 0.2) is 0 Å². The van der Waals surface area contributed by atoms with Crippen LogP contribution in [-0.2, 0) is 0 Å². The highest BCUT2D eigenvalue weighted by Gasteiger charge is 2.40. The molecule has 2 aliphatic carbocycles. The molecule has 110 valence electrons. The highest BCUT2D eigenvalue weighted by molar-refractivity contribution is 5.43. The lowest BCUT2D eigenvalue weighted by molar-refractivity contribution is 0.125. The fourth-order valence-electron chi connectivity index (χ4n) is 4.59. The van der Waals surface area contributed by atoms with Crippen molar-refractivity contribution in [2.45, 2.75) is 52.1 Å². The summed E-state index contributed by atoms with van der Waals surface area (Å²) >= 11 is 0. The third-order valence-corrected chi connectivity index (χ3v) is 5.48. The van der Waals surface area contributed by atoms with Crippen LogP contribution in [0.25, 0.3) is 0 Å². The Morgan fingerprint density at radius 2 is 1.90 bits per heavy atom. The predicted molar refractivity (Wildman–Crippen MR) is 81.0 cm³/mol. The maximum absolute atomic E-state index is 10.6. The van der Waals surface area contributed by atoms with E-state index in [0.717, 1.165) is 46.6 Å². The van der Waals surface area contributed by atoms with Gasteiger partial charge in [0.1, 0.15) is 5.75 Å². The van der Waals surface area contributed by atoms with E-state index in [1.54, 1.807) is 7.11 Å². The molecular formula is C18H26O2. The third-order valence-electron chi connectivity index (χ3n) is 5.48. The Bertz CT molecular complexity index is 471. The first-order chi connectivity index (χ1) is 9.58. The van der Waals surface area contributed by atoms with Crippen molar-refractivity contribution < 1.29 is 9.84 Å². The van der Waals surface area contributed by atoms with Crippen molar-refractivity contribution in [3.8, 4) is 5.75 Å². The van der Waals surface area contributed by atoms with Crippen LogP contribution >= 0.6 is 0 Å². The van der Waals surface area contributed by atoms with Crippen molar-refractivity contribution in [2.24, 2.45) is 17.8 Å². The molecule has 1 N–H and O–H groups in total. The van der Waals surface area contributed by atoms with Gasteiger partial charge in [-0.25, -0.2) is 0 Å². The standard InChI is InChI=1S/C18H26O2/c1-11-6-16(7-12(2)18(11)20-3)17(19)10-15-9-13-4-5-14(15)8-13/h6-7,13-15,17,19H,4-5,8-10H2,1-3H3. The summed E-state index contributed by atoms with van der Waals surface area (Å²) in [5, 5.41) is 10.6. The van der Waals surface area contributed by atoms with Crippen LogP contribution in [-0.4, -0.2) is 12.2 Å². The van der Waals surface area contributed by atoms with Crippen LogP contribution in [0.2, 0.25) is 0 Å². The van der Waals surface area contributed by atoms with Gasteiger partial charge in [-0.2, -0.15) is 0 Å². The minimum absolute atomic E-state index is 0.317. The number of aryl methyl sites for hydroxylation is 2. The van der Waals surface area contributed by atoms with Crippen LogP contribution in [0.15, 0.2) is 12.1 Å². The summed E-state index contributed by atoms with van der Waals surface area (Å²) in [6, 6.07) is 4.17. The van der Waals surface area contributed by atoms with Crippen LogP contribution in [0.5, 0.6) is 5.75 Å². The normalized spacial score (nSPS) is 29.7. The Labute approximate surface area is 122 Å². The molecule has 1 aromatic rings. The zero-order valence-corrected chi connectivity index (χ0v) is 12.9. The third kappa shape index (κ3) is 2.46. The van der Waals surface area contributed by atoms with E-state index in [1.807, 2.05) is 0 Å². The number of fused-ring (bicyclic) bond motifs is 2. The Balaban J connectivity index is 1.72. The van der Waals surface area contributed by atoms with Crippen molar-refractivity contribution in [2.75, 3.05) is 7.11 Å². The second-order valence-electron chi connectivity index (χ2n) is 6.87. The second-order valence-corrected chi connectivity index (χ2v) is 6.87. The summed E-state index contributed by atoms with van der Waals surface area (Å²) in [6.45, 7) is 4.11. The van der Waals surface area contributed by atoms with Crippen molar-refractivity contribution >= 4 is 0 Å². The summed E-state index contributed by atoms with van der Waals surface area (Å²) in [5.41, 5.74) is 3.30. The van der Waals surface area contributed by atoms with Crippen LogP contribution in [0, 0.1) is 31.6 Å². The number of hydrogen-bond acceptors (Lipinski definition) is 2. The Morgan fingerprint density at radius 1 is 1.20 bits per heavy atom. The Kier molecular flexibility index (Phi) is 3.76. The molecule has 0 aliphatic heterocycles. The molecule has 2 bridgehead atoms. The molecule has 0 radical (unpaired) electrons. The topological polar surface area (TPSA) is 29.5 Å². The summed E-state index contributed by atoms with van der Waals surface area (Å²) < 4.78 is 5.40. The van der Waals surface area contributed by atoms with Gasteiger partial charge in [0.2, 0.25) is 0 Å². The summed E-state index contributed by atoms with van der Waals surface area (Å²) in [4.78, 5) is 0. The smallest absolute Gasteiger partial charge is 0.124 e. The van der Waals surface area contributed by atoms with E-state index in [-0.39, 0.29) is 6.10 Å². The molecule has 2 heteroatoms. The quantitative estimate of drug-likeness (QED) is 0.893. The molecule has 0 aromatic heterocycles. The van der Waals surface area contributed by atoms with Crippen LogP contribution < -0.4 is 4.74 Å². The highest BCUT2D eigenvalue weighted by Crippen LogP contribution is 2.51. The van der Waals surface area contributed by atoms with Crippen molar-refractivity contribution in [3.63, 3.8) is 0 Å². The molecule has 4 unspecified atom stereocenters. The molecule has 4 atom stereocenters. The molecule has 1 aromatic carbocycles. The number of rotatable bonds is 4. The minimum atomic E-state index is -0.317. The molecule has 0 amide bonds. The van der Waals surface area contributed by atoms with Gasteiger partial charge in [0, 0.05) is 0 Å². The first-order valence-corrected chi connectivity index (χ1v) is 7.91. The summed E-state index contributed by atoms with van der Waals surface area (Å²) in [6.07, 6.45) is 6.20. The van der Waals surface area contributed by atoms with E-state index in [9.17, 15) is 5.11 Å². The lowest BCUT2D eigenvalue weighted by atomic mass is 9.83. The zero-order chi connectivity index (χ0) is 14.3. The largest absolute Gasteiger partial charge is 0.496 e. The lowest BCUT2D eigenvalue weighted by Crippen LogP contribution is -2.14. The van der Waals surface area contributed by atoms with Crippen LogP contribution in [0.1, 0.15) is 54.9 Å². The number of hydrogen-bond donors (Lipinski definition) is 1. The molecule has 2 nitrogen and oxygen atoms in total. The monoisotopic (exact) mass is 274 g/mol. The van der Waals surface area contributed by atoms with Gasteiger partial charge in [-0.15, -0.1) is 0 Å². The van der Waals surface area contributed by atoms with E-state index < -0.39 is 0 Å². The minimum Gasteiger partial charge on any atom is -0.496 e. The van der Waals surface area contributed by atoms with E-state index >= 15 is 0 Å². The Hall–Kier alpha value is -1.02. The van der Waals surface area contributed by atoms with Crippen molar-refractivity contribution in [1.82, 2.24) is 0 Å². The fraction of sp³-hybridized carbons (Fsp3) is 0.667. The molecule has 2 fully saturated rings. The van der Waals surface area contributed by atoms with E-state index in [4.69, 9.17) is 4.74 Å². The molecule has 3 rings (SSSR count). The number of methoxy groups -OCH3 is 1. The van der Waals surface area contributed by atoms with Gasteiger partial charge in [0.05, 0.1) is 13.2 Å². The van der Waals surface area contributed by atoms with Gasteiger partial charge in [-0.05, 0) is 86.1 Å². The number of ether oxygens (including phenoxy) is 1. The SMILES string of the molecule is COc1c(C)cc(C(O)CC2CC3CCC2C3)cc1C. The van der Waals surface area contributed by atoms with E-state index in [0.29, 0.717) is 0 Å². The average molecular weight is 274 g/mol. The van der Waals surface area contributed by atoms with Gasteiger partial charge in [0.25, 0.3) is 0 Å². The van der Waals surface area contributed by atoms with Gasteiger partial charge in [-0.3, -0.25) is 0 Å². The number of benzene rings is 1. The maximum atomic E-state index is 10.6. The molecule has 0 spiro atoms. The van der Waals surface area contributed by atoms with Crippen molar-refractivity contribution in [1.29, 1.82) is 0 Å². The first-order valence-electron chi connectivity index (χ1n) is 7.91. The van der Waals surface area contributed by atoms with Gasteiger partial charge >= 0.3 is 0 Å². The molecule has 20 heavy (non-hydrogen) atoms. The molecule has 2 aliphatic rings. The second kappa shape index (κ2) is 5.40. The number of aliphatic hydroxyl groups is 1. The van der Waals surface area contributed by atoms with E-state index in [1.165, 1.54) is 25.7 Å². The number of aliphatic hydroxyl groups excluding tert-OH is 1. The zero-order valence-electron chi connectivity index (χ0n) is 12.9. The predicted octanol–water partition coefficient (Wildman–Crippen LogP) is 4.17. The fourth-order valence-corrected chi connectivity index (χ4v) is 4.59. The van der Waals surface area contributed by atoms with E-state index in [2.05, 4.69) is 26.0 Å². The van der Waals surface area contributed by atoms with Crippen LogP contribution in [0.3, 0.4) is 0 Å². The van der Waals surface area contributed by atoms with Gasteiger partial charge < -0.3 is 9.84 Å². The molecule has 0 heterocycles. The first kappa shape index (κ1) is 13.9. The summed E-state index contributed by atoms with van der Waals surface area (Å²) in [7, 11) is 1.71. The molecule has 0 saturated heterocycles. The van der Waals surface area contributed by atoms with Crippen molar-refractivity contribution in [3.05, 3.63) is 28.8 Å². The highest BCUT2D eigenvalue weighted by atomic mass is 16.5. The lowest BCUT2D eigenvalue weighted by Gasteiger charge is -2.25. The van der Waals surface area contributed by atoms with Gasteiger partial charge in [-0.1, -0.05) is 6.42 Å². The Morgan fingerprint density at radius 3 is 2.40 bits per heavy atom. The molecule has 2 saturated carbocycles. The average Bonchev–Trinajstić information content (AvgIpc) is 3.00.